The van der Waals surface area contributed by atoms with Crippen LogP contribution in [0.15, 0.2) is 29.2 Å². The van der Waals surface area contributed by atoms with E-state index in [1.807, 2.05) is 14.0 Å². The van der Waals surface area contributed by atoms with Crippen molar-refractivity contribution >= 4 is 10.1 Å². The average Bonchev–Trinajstić information content (AvgIpc) is 2.33. The topological polar surface area (TPSA) is 61.6 Å². The van der Waals surface area contributed by atoms with Gasteiger partial charge in [0.1, 0.15) is 10.1 Å². The summed E-state index contributed by atoms with van der Waals surface area (Å²) in [4.78, 5) is 0.874. The number of benzene rings is 1. The first-order chi connectivity index (χ1) is 8.80. The first kappa shape index (κ1) is 16.1. The number of rotatable bonds is 1. The van der Waals surface area contributed by atoms with Gasteiger partial charge in [-0.3, -0.25) is 0 Å². The van der Waals surface area contributed by atoms with E-state index in [0.717, 1.165) is 29.8 Å². The van der Waals surface area contributed by atoms with Gasteiger partial charge in [-0.15, -0.1) is 0 Å². The van der Waals surface area contributed by atoms with E-state index in [-0.39, 0.29) is 4.90 Å². The predicted molar refractivity (Wildman–Crippen MR) is 69.6 cm³/mol. The molecular formula is C13H20FNO3S. The molecule has 2 unspecified atom stereocenters. The highest BCUT2D eigenvalue weighted by atomic mass is 32.2. The molecule has 4 nitrogen and oxygen atoms in total. The van der Waals surface area contributed by atoms with Gasteiger partial charge in [0, 0.05) is 6.42 Å². The van der Waals surface area contributed by atoms with Crippen molar-refractivity contribution in [3.8, 4) is 0 Å². The number of nitrogens with one attached hydrogen (secondary N) is 1. The molecular weight excluding hydrogens is 269 g/mol. The first-order valence-corrected chi connectivity index (χ1v) is 7.70. The first-order valence-electron chi connectivity index (χ1n) is 6.29. The van der Waals surface area contributed by atoms with Crippen LogP contribution in [0.1, 0.15) is 24.8 Å². The van der Waals surface area contributed by atoms with Gasteiger partial charge in [0.25, 0.3) is 0 Å². The van der Waals surface area contributed by atoms with Crippen molar-refractivity contribution < 1.29 is 22.3 Å². The van der Waals surface area contributed by atoms with Crippen LogP contribution in [0.2, 0.25) is 0 Å². The summed E-state index contributed by atoms with van der Waals surface area (Å²) in [6.45, 7) is 2.84. The van der Waals surface area contributed by atoms with Gasteiger partial charge in [0.05, 0.1) is 18.5 Å². The molecule has 1 fully saturated rings. The summed E-state index contributed by atoms with van der Waals surface area (Å²) in [5.41, 5.74) is 0.928. The number of piperidine rings is 1. The molecule has 0 spiro atoms. The molecule has 1 N–H and O–H groups in total. The summed E-state index contributed by atoms with van der Waals surface area (Å²) < 4.78 is 43.7. The Morgan fingerprint density at radius 3 is 2.21 bits per heavy atom. The molecule has 1 aliphatic heterocycles. The second kappa shape index (κ2) is 6.98. The van der Waals surface area contributed by atoms with Crippen LogP contribution in [0.4, 0.5) is 4.39 Å². The van der Waals surface area contributed by atoms with Crippen LogP contribution in [0, 0.1) is 6.92 Å². The third kappa shape index (κ3) is 5.67. The number of likely N-dealkylation sites (tertiary alicyclic amines) is 1. The highest BCUT2D eigenvalue weighted by molar-refractivity contribution is 7.85. The summed E-state index contributed by atoms with van der Waals surface area (Å²) in [6.07, 6.45) is 2.47. The van der Waals surface area contributed by atoms with Gasteiger partial charge < -0.3 is 9.45 Å². The van der Waals surface area contributed by atoms with E-state index in [9.17, 15) is 17.4 Å². The Labute approximate surface area is 114 Å². The number of hydrogen-bond acceptors (Lipinski definition) is 3. The fraction of sp³-hybridized carbons (Fsp3) is 0.538. The molecule has 2 rings (SSSR count). The highest BCUT2D eigenvalue weighted by Crippen LogP contribution is 2.08. The summed E-state index contributed by atoms with van der Waals surface area (Å²) in [5.74, 6) is 0. The lowest BCUT2D eigenvalue weighted by molar-refractivity contribution is -0.926. The SMILES string of the molecule is C[NH+]1CCCCC1F.Cc1ccc(S(=O)(=O)[O-])cc1. The molecule has 0 bridgehead atoms. The predicted octanol–water partition coefficient (Wildman–Crippen LogP) is 0.880. The Kier molecular flexibility index (Phi) is 5.90. The Bertz CT molecular complexity index is 477. The van der Waals surface area contributed by atoms with Gasteiger partial charge in [-0.2, -0.15) is 4.39 Å². The summed E-state index contributed by atoms with van der Waals surface area (Å²) in [5, 5.41) is 0. The van der Waals surface area contributed by atoms with Gasteiger partial charge in [-0.25, -0.2) is 8.42 Å². The van der Waals surface area contributed by atoms with E-state index in [1.165, 1.54) is 18.6 Å². The average molecular weight is 289 g/mol. The normalized spacial score (nSPS) is 23.4. The Morgan fingerprint density at radius 1 is 1.26 bits per heavy atom. The van der Waals surface area contributed by atoms with Gasteiger partial charge in [-0.05, 0) is 31.9 Å². The molecule has 2 atom stereocenters. The van der Waals surface area contributed by atoms with Crippen LogP contribution in [-0.2, 0) is 10.1 Å². The van der Waals surface area contributed by atoms with E-state index < -0.39 is 16.4 Å². The minimum Gasteiger partial charge on any atom is -0.744 e. The molecule has 0 aliphatic carbocycles. The highest BCUT2D eigenvalue weighted by Gasteiger charge is 2.20. The molecule has 6 heteroatoms. The van der Waals surface area contributed by atoms with Crippen LogP contribution in [0.3, 0.4) is 0 Å². The molecule has 108 valence electrons. The van der Waals surface area contributed by atoms with Crippen molar-refractivity contribution in [3.63, 3.8) is 0 Å². The zero-order valence-electron chi connectivity index (χ0n) is 11.2. The third-order valence-corrected chi connectivity index (χ3v) is 3.97. The van der Waals surface area contributed by atoms with E-state index in [2.05, 4.69) is 0 Å². The van der Waals surface area contributed by atoms with Crippen LogP contribution >= 0.6 is 0 Å². The quantitative estimate of drug-likeness (QED) is 0.617. The molecule has 0 saturated carbocycles. The van der Waals surface area contributed by atoms with Crippen LogP contribution in [0.5, 0.6) is 0 Å². The maximum atomic E-state index is 12.5. The lowest BCUT2D eigenvalue weighted by atomic mass is 10.1. The molecule has 0 radical (unpaired) electrons. The van der Waals surface area contributed by atoms with E-state index in [1.54, 1.807) is 12.1 Å². The Balaban J connectivity index is 0.000000200. The Morgan fingerprint density at radius 2 is 1.84 bits per heavy atom. The maximum absolute atomic E-state index is 12.5. The molecule has 0 aromatic heterocycles. The largest absolute Gasteiger partial charge is 0.744 e. The number of halogens is 1. The van der Waals surface area contributed by atoms with Gasteiger partial charge >= 0.3 is 0 Å². The van der Waals surface area contributed by atoms with Crippen molar-refractivity contribution in [2.24, 2.45) is 0 Å². The van der Waals surface area contributed by atoms with E-state index >= 15 is 0 Å². The van der Waals surface area contributed by atoms with E-state index in [0.29, 0.717) is 0 Å². The monoisotopic (exact) mass is 289 g/mol. The molecule has 1 aromatic rings. The smallest absolute Gasteiger partial charge is 0.230 e. The fourth-order valence-electron chi connectivity index (χ4n) is 1.84. The number of hydrogen-bond donors (Lipinski definition) is 1. The minimum atomic E-state index is -4.27. The summed E-state index contributed by atoms with van der Waals surface area (Å²) in [7, 11) is -2.35. The van der Waals surface area contributed by atoms with Gasteiger partial charge in [0.2, 0.25) is 6.30 Å². The minimum absolute atomic E-state index is 0.178. The lowest BCUT2D eigenvalue weighted by Gasteiger charge is -2.22. The van der Waals surface area contributed by atoms with Crippen molar-refractivity contribution in [2.75, 3.05) is 13.6 Å². The fourth-order valence-corrected chi connectivity index (χ4v) is 2.30. The van der Waals surface area contributed by atoms with Crippen molar-refractivity contribution in [1.29, 1.82) is 0 Å². The zero-order chi connectivity index (χ0) is 14.5. The molecule has 1 aliphatic rings. The van der Waals surface area contributed by atoms with Crippen molar-refractivity contribution in [2.45, 2.75) is 37.4 Å². The summed E-state index contributed by atoms with van der Waals surface area (Å²) >= 11 is 0. The Hall–Kier alpha value is -0.980. The number of aryl methyl sites for hydroxylation is 1. The second-order valence-electron chi connectivity index (χ2n) is 4.83. The van der Waals surface area contributed by atoms with Gasteiger partial charge in [-0.1, -0.05) is 17.7 Å². The second-order valence-corrected chi connectivity index (χ2v) is 6.21. The standard InChI is InChI=1S/C7H8O3S.C6H12FN/c1-6-2-4-7(5-3-6)11(8,9)10;1-8-5-3-2-4-6(8)7/h2-5H,1H3,(H,8,9,10);6H,2-5H2,1H3. The zero-order valence-corrected chi connectivity index (χ0v) is 12.0. The van der Waals surface area contributed by atoms with Crippen LogP contribution < -0.4 is 4.90 Å². The maximum Gasteiger partial charge on any atom is 0.230 e. The van der Waals surface area contributed by atoms with Crippen molar-refractivity contribution in [3.05, 3.63) is 29.8 Å². The molecule has 1 saturated heterocycles. The molecule has 1 aromatic carbocycles. The lowest BCUT2D eigenvalue weighted by Crippen LogP contribution is -3.13. The van der Waals surface area contributed by atoms with Gasteiger partial charge in [0.15, 0.2) is 0 Å². The summed E-state index contributed by atoms with van der Waals surface area (Å²) in [6, 6.07) is 5.78. The molecule has 1 heterocycles. The van der Waals surface area contributed by atoms with E-state index in [4.69, 9.17) is 0 Å². The molecule has 19 heavy (non-hydrogen) atoms. The third-order valence-electron chi connectivity index (χ3n) is 3.12. The van der Waals surface area contributed by atoms with Crippen LogP contribution in [-0.4, -0.2) is 32.9 Å². The van der Waals surface area contributed by atoms with Crippen LogP contribution in [0.25, 0.3) is 0 Å². The number of quaternary nitrogens is 1. The van der Waals surface area contributed by atoms with Crippen molar-refractivity contribution in [1.82, 2.24) is 0 Å². The molecule has 0 amide bonds. The number of alkyl halides is 1.